The Hall–Kier alpha value is -2.48. The van der Waals surface area contributed by atoms with Crippen LogP contribution < -0.4 is 4.72 Å². The fourth-order valence-corrected chi connectivity index (χ4v) is 4.62. The number of nitrogens with zero attached hydrogens (tertiary/aromatic N) is 2. The lowest BCUT2D eigenvalue weighted by Crippen LogP contribution is -2.49. The molecule has 6 nitrogen and oxygen atoms in total. The molecule has 162 valence electrons. The number of carbonyl (C=O) groups is 1. The summed E-state index contributed by atoms with van der Waals surface area (Å²) in [6, 6.07) is 16.6. The van der Waals surface area contributed by atoms with Crippen molar-refractivity contribution in [2.45, 2.75) is 25.3 Å². The molecule has 4 rings (SSSR count). The number of piperidine rings is 1. The SMILES string of the molecule is CS(=O)(=O)NCC1CCCCN1C(=O)c1cc(-c2ccc(Cl)cc2)nc2ccccc12. The second kappa shape index (κ2) is 8.94. The molecule has 1 N–H and O–H groups in total. The first-order valence-electron chi connectivity index (χ1n) is 10.2. The van der Waals surface area contributed by atoms with Crippen molar-refractivity contribution >= 4 is 38.4 Å². The zero-order valence-corrected chi connectivity index (χ0v) is 18.8. The molecule has 1 atom stereocenters. The van der Waals surface area contributed by atoms with Gasteiger partial charge in [-0.1, -0.05) is 41.9 Å². The molecule has 1 aromatic heterocycles. The Morgan fingerprint density at radius 2 is 1.90 bits per heavy atom. The quantitative estimate of drug-likeness (QED) is 0.625. The van der Waals surface area contributed by atoms with Crippen LogP contribution in [0, 0.1) is 0 Å². The number of rotatable bonds is 5. The average molecular weight is 458 g/mol. The summed E-state index contributed by atoms with van der Waals surface area (Å²) in [7, 11) is -3.33. The first-order valence-corrected chi connectivity index (χ1v) is 12.5. The van der Waals surface area contributed by atoms with E-state index in [1.807, 2.05) is 42.5 Å². The number of pyridine rings is 1. The highest BCUT2D eigenvalue weighted by molar-refractivity contribution is 7.88. The van der Waals surface area contributed by atoms with Crippen LogP contribution in [-0.4, -0.2) is 49.6 Å². The minimum atomic E-state index is -3.33. The second-order valence-corrected chi connectivity index (χ2v) is 10.1. The predicted octanol–water partition coefficient (Wildman–Crippen LogP) is 4.10. The van der Waals surface area contributed by atoms with Crippen LogP contribution >= 0.6 is 11.6 Å². The molecule has 3 aromatic rings. The second-order valence-electron chi connectivity index (χ2n) is 7.85. The van der Waals surface area contributed by atoms with Gasteiger partial charge in [0.25, 0.3) is 5.91 Å². The Labute approximate surface area is 187 Å². The number of hydrogen-bond acceptors (Lipinski definition) is 4. The molecule has 1 fully saturated rings. The number of hydrogen-bond donors (Lipinski definition) is 1. The van der Waals surface area contributed by atoms with E-state index in [4.69, 9.17) is 16.6 Å². The maximum absolute atomic E-state index is 13.7. The van der Waals surface area contributed by atoms with Gasteiger partial charge >= 0.3 is 0 Å². The van der Waals surface area contributed by atoms with Crippen molar-refractivity contribution in [2.75, 3.05) is 19.3 Å². The van der Waals surface area contributed by atoms with E-state index in [0.29, 0.717) is 22.8 Å². The summed E-state index contributed by atoms with van der Waals surface area (Å²) in [5, 5.41) is 1.42. The van der Waals surface area contributed by atoms with E-state index in [1.54, 1.807) is 17.0 Å². The lowest BCUT2D eigenvalue weighted by molar-refractivity contribution is 0.0621. The molecular formula is C23H24ClN3O3S. The third-order valence-corrected chi connectivity index (χ3v) is 6.50. The fourth-order valence-electron chi connectivity index (χ4n) is 4.00. The average Bonchev–Trinajstić information content (AvgIpc) is 2.76. The zero-order chi connectivity index (χ0) is 22.0. The summed E-state index contributed by atoms with van der Waals surface area (Å²) in [5.74, 6) is -0.103. The Kier molecular flexibility index (Phi) is 6.27. The number of halogens is 1. The van der Waals surface area contributed by atoms with Gasteiger partial charge in [-0.2, -0.15) is 0 Å². The molecule has 2 heterocycles. The van der Waals surface area contributed by atoms with Gasteiger partial charge in [0.2, 0.25) is 10.0 Å². The van der Waals surface area contributed by atoms with E-state index < -0.39 is 10.0 Å². The van der Waals surface area contributed by atoms with Gasteiger partial charge < -0.3 is 4.90 Å². The fraction of sp³-hybridized carbons (Fsp3) is 0.304. The van der Waals surface area contributed by atoms with Gasteiger partial charge in [0.15, 0.2) is 0 Å². The molecule has 2 aromatic carbocycles. The Morgan fingerprint density at radius 1 is 1.16 bits per heavy atom. The largest absolute Gasteiger partial charge is 0.334 e. The van der Waals surface area contributed by atoms with Crippen LogP contribution in [0.3, 0.4) is 0 Å². The molecule has 1 amide bonds. The van der Waals surface area contributed by atoms with Crippen molar-refractivity contribution in [3.8, 4) is 11.3 Å². The summed E-state index contributed by atoms with van der Waals surface area (Å²) in [6.45, 7) is 0.819. The molecule has 0 spiro atoms. The molecule has 1 saturated heterocycles. The summed E-state index contributed by atoms with van der Waals surface area (Å²) >= 11 is 6.03. The van der Waals surface area contributed by atoms with Crippen molar-refractivity contribution in [2.24, 2.45) is 0 Å². The van der Waals surface area contributed by atoms with Crippen LogP contribution in [0.4, 0.5) is 0 Å². The normalized spacial score (nSPS) is 17.1. The summed E-state index contributed by atoms with van der Waals surface area (Å²) in [4.78, 5) is 20.2. The van der Waals surface area contributed by atoms with Crippen molar-refractivity contribution in [1.82, 2.24) is 14.6 Å². The van der Waals surface area contributed by atoms with Gasteiger partial charge in [-0.25, -0.2) is 18.1 Å². The number of sulfonamides is 1. The van der Waals surface area contributed by atoms with Crippen molar-refractivity contribution in [1.29, 1.82) is 0 Å². The maximum Gasteiger partial charge on any atom is 0.254 e. The van der Waals surface area contributed by atoms with Gasteiger partial charge in [0.1, 0.15) is 0 Å². The van der Waals surface area contributed by atoms with Gasteiger partial charge in [0.05, 0.1) is 23.0 Å². The Morgan fingerprint density at radius 3 is 2.65 bits per heavy atom. The summed E-state index contributed by atoms with van der Waals surface area (Å²) < 4.78 is 25.7. The van der Waals surface area contributed by atoms with E-state index in [9.17, 15) is 13.2 Å². The van der Waals surface area contributed by atoms with Gasteiger partial charge in [-0.05, 0) is 43.5 Å². The lowest BCUT2D eigenvalue weighted by Gasteiger charge is -2.36. The molecule has 8 heteroatoms. The minimum absolute atomic E-state index is 0.103. The van der Waals surface area contributed by atoms with E-state index >= 15 is 0 Å². The van der Waals surface area contributed by atoms with E-state index in [1.165, 1.54) is 0 Å². The highest BCUT2D eigenvalue weighted by Gasteiger charge is 2.29. The van der Waals surface area contributed by atoms with Crippen LogP contribution in [0.5, 0.6) is 0 Å². The van der Waals surface area contributed by atoms with E-state index in [2.05, 4.69) is 4.72 Å². The summed E-state index contributed by atoms with van der Waals surface area (Å²) in [6.07, 6.45) is 3.76. The number of fused-ring (bicyclic) bond motifs is 1. The van der Waals surface area contributed by atoms with Crippen LogP contribution in [0.2, 0.25) is 5.02 Å². The van der Waals surface area contributed by atoms with E-state index in [-0.39, 0.29) is 18.5 Å². The van der Waals surface area contributed by atoms with Crippen LogP contribution in [0.15, 0.2) is 54.6 Å². The number of nitrogens with one attached hydrogen (secondary N) is 1. The molecule has 31 heavy (non-hydrogen) atoms. The third kappa shape index (κ3) is 5.06. The zero-order valence-electron chi connectivity index (χ0n) is 17.2. The van der Waals surface area contributed by atoms with Crippen LogP contribution in [0.25, 0.3) is 22.2 Å². The first-order chi connectivity index (χ1) is 14.8. The number of amides is 1. The number of likely N-dealkylation sites (tertiary alicyclic amines) is 1. The van der Waals surface area contributed by atoms with E-state index in [0.717, 1.165) is 42.0 Å². The van der Waals surface area contributed by atoms with Crippen molar-refractivity contribution in [3.05, 3.63) is 65.2 Å². The van der Waals surface area contributed by atoms with Gasteiger partial charge in [0, 0.05) is 35.1 Å². The van der Waals surface area contributed by atoms with Gasteiger partial charge in [-0.3, -0.25) is 4.79 Å². The molecule has 0 radical (unpaired) electrons. The number of aromatic nitrogens is 1. The van der Waals surface area contributed by atoms with Crippen LogP contribution in [0.1, 0.15) is 29.6 Å². The third-order valence-electron chi connectivity index (χ3n) is 5.56. The predicted molar refractivity (Wildman–Crippen MR) is 124 cm³/mol. The topological polar surface area (TPSA) is 79.4 Å². The smallest absolute Gasteiger partial charge is 0.254 e. The highest BCUT2D eigenvalue weighted by atomic mass is 35.5. The lowest BCUT2D eigenvalue weighted by atomic mass is 9.98. The minimum Gasteiger partial charge on any atom is -0.334 e. The first kappa shape index (κ1) is 21.7. The molecule has 0 saturated carbocycles. The highest BCUT2D eigenvalue weighted by Crippen LogP contribution is 2.28. The molecule has 0 aliphatic carbocycles. The number of para-hydroxylation sites is 1. The molecule has 0 bridgehead atoms. The monoisotopic (exact) mass is 457 g/mol. The van der Waals surface area contributed by atoms with Crippen molar-refractivity contribution in [3.63, 3.8) is 0 Å². The standard InChI is InChI=1S/C23H24ClN3O3S/c1-31(29,30)25-15-18-6-4-5-13-27(18)23(28)20-14-22(16-9-11-17(24)12-10-16)26-21-8-3-2-7-19(20)21/h2-3,7-12,14,18,25H,4-6,13,15H2,1H3. The van der Waals surface area contributed by atoms with Crippen molar-refractivity contribution < 1.29 is 13.2 Å². The summed E-state index contributed by atoms with van der Waals surface area (Å²) in [5.41, 5.74) is 2.88. The molecule has 1 aliphatic heterocycles. The van der Waals surface area contributed by atoms with Crippen LogP contribution in [-0.2, 0) is 10.0 Å². The Bertz CT molecular complexity index is 1210. The van der Waals surface area contributed by atoms with Gasteiger partial charge in [-0.15, -0.1) is 0 Å². The maximum atomic E-state index is 13.7. The molecular weight excluding hydrogens is 434 g/mol. The number of carbonyl (C=O) groups excluding carboxylic acids is 1. The Balaban J connectivity index is 1.74. The molecule has 1 unspecified atom stereocenters. The molecule has 1 aliphatic rings. The number of benzene rings is 2.